The molecule has 0 atom stereocenters. The number of halogens is 1. The lowest BCUT2D eigenvalue weighted by Gasteiger charge is -2.08. The third kappa shape index (κ3) is 2.63. The highest BCUT2D eigenvalue weighted by atomic mass is 35.5. The molecule has 1 aromatic carbocycles. The van der Waals surface area contributed by atoms with E-state index in [0.29, 0.717) is 22.3 Å². The predicted octanol–water partition coefficient (Wildman–Crippen LogP) is 2.41. The molecule has 3 nitrogen and oxygen atoms in total. The molecule has 0 saturated heterocycles. The van der Waals surface area contributed by atoms with Gasteiger partial charge in [0.2, 0.25) is 0 Å². The average molecular weight is 225 g/mol. The molecule has 0 amide bonds. The number of ether oxygens (including phenoxy) is 1. The number of nitrogen functional groups attached to an aromatic ring is 1. The Labute approximate surface area is 93.7 Å². The first kappa shape index (κ1) is 10.3. The van der Waals surface area contributed by atoms with Gasteiger partial charge in [0, 0.05) is 5.56 Å². The summed E-state index contributed by atoms with van der Waals surface area (Å²) in [5.41, 5.74) is 5.97. The van der Waals surface area contributed by atoms with E-state index in [0.717, 1.165) is 6.61 Å². The van der Waals surface area contributed by atoms with Crippen LogP contribution >= 0.6 is 11.6 Å². The van der Waals surface area contributed by atoms with E-state index in [4.69, 9.17) is 27.5 Å². The van der Waals surface area contributed by atoms with Crippen molar-refractivity contribution >= 4 is 17.4 Å². The van der Waals surface area contributed by atoms with E-state index in [1.807, 2.05) is 0 Å². The molecule has 0 aliphatic heterocycles. The Bertz CT molecular complexity index is 388. The van der Waals surface area contributed by atoms with E-state index in [1.54, 1.807) is 18.2 Å². The second-order valence-corrected chi connectivity index (χ2v) is 4.22. The minimum Gasteiger partial charge on any atom is -0.492 e. The van der Waals surface area contributed by atoms with E-state index in [9.17, 15) is 0 Å². The van der Waals surface area contributed by atoms with Crippen LogP contribution in [0.4, 0.5) is 0 Å². The lowest BCUT2D eigenvalue weighted by molar-refractivity contribution is 0.300. The molecule has 1 aliphatic rings. The maximum absolute atomic E-state index is 7.26. The van der Waals surface area contributed by atoms with Crippen LogP contribution in [0, 0.1) is 11.3 Å². The smallest absolute Gasteiger partial charge is 0.137 e. The van der Waals surface area contributed by atoms with Gasteiger partial charge in [-0.3, -0.25) is 5.41 Å². The largest absolute Gasteiger partial charge is 0.492 e. The fraction of sp³-hybridized carbons (Fsp3) is 0.364. The Morgan fingerprint density at radius 3 is 2.80 bits per heavy atom. The summed E-state index contributed by atoms with van der Waals surface area (Å²) in [6.07, 6.45) is 2.51. The summed E-state index contributed by atoms with van der Waals surface area (Å²) in [4.78, 5) is 0. The third-order valence-corrected chi connectivity index (χ3v) is 2.71. The molecular weight excluding hydrogens is 212 g/mol. The predicted molar refractivity (Wildman–Crippen MR) is 60.7 cm³/mol. The fourth-order valence-electron chi connectivity index (χ4n) is 1.28. The molecule has 0 aromatic heterocycles. The SMILES string of the molecule is N=C(N)c1ccc(OCC2CC2)c(Cl)c1. The van der Waals surface area contributed by atoms with Crippen molar-refractivity contribution in [3.05, 3.63) is 28.8 Å². The zero-order valence-corrected chi connectivity index (χ0v) is 9.05. The van der Waals surface area contributed by atoms with Gasteiger partial charge >= 0.3 is 0 Å². The molecule has 2 rings (SSSR count). The molecule has 0 heterocycles. The van der Waals surface area contributed by atoms with Crippen LogP contribution in [0.3, 0.4) is 0 Å². The molecule has 1 aliphatic carbocycles. The van der Waals surface area contributed by atoms with Gasteiger partial charge in [0.1, 0.15) is 11.6 Å². The molecule has 0 bridgehead atoms. The lowest BCUT2D eigenvalue weighted by Crippen LogP contribution is -2.11. The van der Waals surface area contributed by atoms with Gasteiger partial charge in [-0.1, -0.05) is 11.6 Å². The van der Waals surface area contributed by atoms with E-state index in [2.05, 4.69) is 0 Å². The topological polar surface area (TPSA) is 59.1 Å². The molecule has 3 N–H and O–H groups in total. The summed E-state index contributed by atoms with van der Waals surface area (Å²) in [5.74, 6) is 1.40. The second kappa shape index (κ2) is 4.11. The van der Waals surface area contributed by atoms with Crippen molar-refractivity contribution in [3.63, 3.8) is 0 Å². The van der Waals surface area contributed by atoms with Crippen molar-refractivity contribution in [1.82, 2.24) is 0 Å². The van der Waals surface area contributed by atoms with Gasteiger partial charge in [-0.25, -0.2) is 0 Å². The molecular formula is C11H13ClN2O. The second-order valence-electron chi connectivity index (χ2n) is 3.81. The maximum atomic E-state index is 7.26. The Hall–Kier alpha value is -1.22. The van der Waals surface area contributed by atoms with Crippen LogP contribution in [0.2, 0.25) is 5.02 Å². The molecule has 80 valence electrons. The zero-order chi connectivity index (χ0) is 10.8. The molecule has 4 heteroatoms. The lowest BCUT2D eigenvalue weighted by atomic mass is 10.2. The average Bonchev–Trinajstić information content (AvgIpc) is 2.99. The molecule has 1 fully saturated rings. The van der Waals surface area contributed by atoms with Crippen molar-refractivity contribution in [3.8, 4) is 5.75 Å². The van der Waals surface area contributed by atoms with Gasteiger partial charge in [0.05, 0.1) is 11.6 Å². The number of amidine groups is 1. The van der Waals surface area contributed by atoms with Gasteiger partial charge in [-0.05, 0) is 37.0 Å². The number of hydrogen-bond donors (Lipinski definition) is 2. The van der Waals surface area contributed by atoms with E-state index in [1.165, 1.54) is 12.8 Å². The normalized spacial score (nSPS) is 15.0. The Kier molecular flexibility index (Phi) is 2.82. The van der Waals surface area contributed by atoms with Crippen molar-refractivity contribution < 1.29 is 4.74 Å². The first-order valence-electron chi connectivity index (χ1n) is 4.93. The van der Waals surface area contributed by atoms with Gasteiger partial charge < -0.3 is 10.5 Å². The first-order chi connectivity index (χ1) is 7.16. The van der Waals surface area contributed by atoms with Gasteiger partial charge in [-0.2, -0.15) is 0 Å². The van der Waals surface area contributed by atoms with Crippen LogP contribution in [-0.2, 0) is 0 Å². The van der Waals surface area contributed by atoms with Crippen LogP contribution in [0.25, 0.3) is 0 Å². The highest BCUT2D eigenvalue weighted by molar-refractivity contribution is 6.32. The Balaban J connectivity index is 2.07. The van der Waals surface area contributed by atoms with E-state index in [-0.39, 0.29) is 5.84 Å². The van der Waals surface area contributed by atoms with E-state index >= 15 is 0 Å². The summed E-state index contributed by atoms with van der Waals surface area (Å²) in [6.45, 7) is 0.735. The van der Waals surface area contributed by atoms with Crippen molar-refractivity contribution in [2.24, 2.45) is 11.7 Å². The maximum Gasteiger partial charge on any atom is 0.137 e. The fourth-order valence-corrected chi connectivity index (χ4v) is 1.51. The summed E-state index contributed by atoms with van der Waals surface area (Å²) in [5, 5.41) is 7.78. The minimum absolute atomic E-state index is 0.0191. The number of nitrogens with two attached hydrogens (primary N) is 1. The molecule has 0 spiro atoms. The van der Waals surface area contributed by atoms with Crippen molar-refractivity contribution in [2.75, 3.05) is 6.61 Å². The van der Waals surface area contributed by atoms with Crippen molar-refractivity contribution in [1.29, 1.82) is 5.41 Å². The van der Waals surface area contributed by atoms with Crippen molar-refractivity contribution in [2.45, 2.75) is 12.8 Å². The molecule has 0 radical (unpaired) electrons. The first-order valence-corrected chi connectivity index (χ1v) is 5.31. The molecule has 0 unspecified atom stereocenters. The van der Waals surface area contributed by atoms with Gasteiger partial charge in [0.25, 0.3) is 0 Å². The minimum atomic E-state index is 0.0191. The number of benzene rings is 1. The third-order valence-electron chi connectivity index (χ3n) is 2.41. The summed E-state index contributed by atoms with van der Waals surface area (Å²) in [7, 11) is 0. The van der Waals surface area contributed by atoms with Crippen LogP contribution in [0.5, 0.6) is 5.75 Å². The molecule has 1 saturated carbocycles. The monoisotopic (exact) mass is 224 g/mol. The zero-order valence-electron chi connectivity index (χ0n) is 8.29. The van der Waals surface area contributed by atoms with Gasteiger partial charge in [0.15, 0.2) is 0 Å². The van der Waals surface area contributed by atoms with Crippen LogP contribution in [-0.4, -0.2) is 12.4 Å². The Morgan fingerprint density at radius 2 is 2.27 bits per heavy atom. The summed E-state index contributed by atoms with van der Waals surface area (Å²) in [6, 6.07) is 5.17. The molecule has 1 aromatic rings. The van der Waals surface area contributed by atoms with Crippen LogP contribution in [0.15, 0.2) is 18.2 Å². The quantitative estimate of drug-likeness (QED) is 0.610. The number of hydrogen-bond acceptors (Lipinski definition) is 2. The van der Waals surface area contributed by atoms with Crippen LogP contribution in [0.1, 0.15) is 18.4 Å². The van der Waals surface area contributed by atoms with Gasteiger partial charge in [-0.15, -0.1) is 0 Å². The highest BCUT2D eigenvalue weighted by Gasteiger charge is 2.22. The number of rotatable bonds is 4. The summed E-state index contributed by atoms with van der Waals surface area (Å²) < 4.78 is 5.55. The highest BCUT2D eigenvalue weighted by Crippen LogP contribution is 2.31. The van der Waals surface area contributed by atoms with Crippen LogP contribution < -0.4 is 10.5 Å². The Morgan fingerprint density at radius 1 is 1.53 bits per heavy atom. The molecule has 15 heavy (non-hydrogen) atoms. The standard InChI is InChI=1S/C11H13ClN2O/c12-9-5-8(11(13)14)3-4-10(9)15-6-7-1-2-7/h3-5,7H,1-2,6H2,(H3,13,14). The number of nitrogens with one attached hydrogen (secondary N) is 1. The van der Waals surface area contributed by atoms with E-state index < -0.39 is 0 Å². The summed E-state index contributed by atoms with van der Waals surface area (Å²) >= 11 is 6.00.